The summed E-state index contributed by atoms with van der Waals surface area (Å²) < 4.78 is 0. The van der Waals surface area contributed by atoms with E-state index in [-0.39, 0.29) is 0 Å². The van der Waals surface area contributed by atoms with Crippen LogP contribution in [0.15, 0.2) is 0 Å². The highest BCUT2D eigenvalue weighted by Gasteiger charge is 2.27. The topological polar surface area (TPSA) is 27.3 Å². The number of nitrogens with one attached hydrogen (secondary N) is 2. The normalized spacial score (nSPS) is 34.9. The van der Waals surface area contributed by atoms with Gasteiger partial charge in [-0.1, -0.05) is 6.92 Å². The monoisotopic (exact) mass is 197 g/mol. The Balaban J connectivity index is 1.77. The molecule has 3 nitrogen and oxygen atoms in total. The van der Waals surface area contributed by atoms with Crippen molar-refractivity contribution in [2.75, 3.05) is 39.3 Å². The van der Waals surface area contributed by atoms with Gasteiger partial charge in [-0.25, -0.2) is 0 Å². The van der Waals surface area contributed by atoms with Gasteiger partial charge in [0.1, 0.15) is 0 Å². The zero-order valence-corrected chi connectivity index (χ0v) is 9.26. The van der Waals surface area contributed by atoms with Crippen LogP contribution in [0, 0.1) is 5.92 Å². The SMILES string of the molecule is CCC1NCCC1CN1CCNCC1. The highest BCUT2D eigenvalue weighted by Crippen LogP contribution is 2.19. The molecular weight excluding hydrogens is 174 g/mol. The van der Waals surface area contributed by atoms with E-state index in [2.05, 4.69) is 22.5 Å². The van der Waals surface area contributed by atoms with Crippen LogP contribution in [-0.4, -0.2) is 50.2 Å². The van der Waals surface area contributed by atoms with Crippen LogP contribution < -0.4 is 10.6 Å². The molecule has 82 valence electrons. The molecule has 2 atom stereocenters. The van der Waals surface area contributed by atoms with Crippen LogP contribution in [0.5, 0.6) is 0 Å². The van der Waals surface area contributed by atoms with Gasteiger partial charge in [-0.2, -0.15) is 0 Å². The average molecular weight is 197 g/mol. The van der Waals surface area contributed by atoms with Gasteiger partial charge in [0.25, 0.3) is 0 Å². The Morgan fingerprint density at radius 1 is 1.21 bits per heavy atom. The third kappa shape index (κ3) is 2.47. The first-order valence-corrected chi connectivity index (χ1v) is 6.06. The largest absolute Gasteiger partial charge is 0.314 e. The molecule has 2 rings (SSSR count). The molecule has 0 aliphatic carbocycles. The van der Waals surface area contributed by atoms with Gasteiger partial charge in [0.2, 0.25) is 0 Å². The summed E-state index contributed by atoms with van der Waals surface area (Å²) >= 11 is 0. The standard InChI is InChI=1S/C11H23N3/c1-2-11-10(3-4-13-11)9-14-7-5-12-6-8-14/h10-13H,2-9H2,1H3. The first kappa shape index (κ1) is 10.4. The summed E-state index contributed by atoms with van der Waals surface area (Å²) in [6.07, 6.45) is 2.67. The Hall–Kier alpha value is -0.120. The van der Waals surface area contributed by atoms with E-state index in [4.69, 9.17) is 0 Å². The molecule has 0 saturated carbocycles. The molecule has 2 aliphatic rings. The van der Waals surface area contributed by atoms with Gasteiger partial charge in [-0.3, -0.25) is 0 Å². The van der Waals surface area contributed by atoms with Gasteiger partial charge in [-0.15, -0.1) is 0 Å². The van der Waals surface area contributed by atoms with Crippen LogP contribution in [0.25, 0.3) is 0 Å². The second-order valence-electron chi connectivity index (χ2n) is 4.57. The highest BCUT2D eigenvalue weighted by molar-refractivity contribution is 4.85. The zero-order chi connectivity index (χ0) is 9.80. The maximum Gasteiger partial charge on any atom is 0.0107 e. The molecule has 2 saturated heterocycles. The van der Waals surface area contributed by atoms with Crippen molar-refractivity contribution in [1.82, 2.24) is 15.5 Å². The van der Waals surface area contributed by atoms with Crippen molar-refractivity contribution in [2.24, 2.45) is 5.92 Å². The van der Waals surface area contributed by atoms with Gasteiger partial charge >= 0.3 is 0 Å². The van der Waals surface area contributed by atoms with E-state index >= 15 is 0 Å². The third-order valence-corrected chi connectivity index (χ3v) is 3.63. The third-order valence-electron chi connectivity index (χ3n) is 3.63. The van der Waals surface area contributed by atoms with Crippen LogP contribution in [0.4, 0.5) is 0 Å². The molecule has 14 heavy (non-hydrogen) atoms. The minimum Gasteiger partial charge on any atom is -0.314 e. The van der Waals surface area contributed by atoms with E-state index in [1.807, 2.05) is 0 Å². The van der Waals surface area contributed by atoms with E-state index in [1.165, 1.54) is 52.1 Å². The quantitative estimate of drug-likeness (QED) is 0.680. The summed E-state index contributed by atoms with van der Waals surface area (Å²) in [5.74, 6) is 0.901. The average Bonchev–Trinajstić information content (AvgIpc) is 2.67. The van der Waals surface area contributed by atoms with Gasteiger partial charge in [0.15, 0.2) is 0 Å². The predicted octanol–water partition coefficient (Wildman–Crippen LogP) is 0.280. The van der Waals surface area contributed by atoms with Crippen molar-refractivity contribution >= 4 is 0 Å². The van der Waals surface area contributed by atoms with Crippen LogP contribution in [0.2, 0.25) is 0 Å². The molecule has 2 N–H and O–H groups in total. The molecule has 2 fully saturated rings. The fraction of sp³-hybridized carbons (Fsp3) is 1.00. The Morgan fingerprint density at radius 2 is 2.00 bits per heavy atom. The number of rotatable bonds is 3. The van der Waals surface area contributed by atoms with Gasteiger partial charge in [0, 0.05) is 38.8 Å². The first-order valence-electron chi connectivity index (χ1n) is 6.06. The minimum absolute atomic E-state index is 0.782. The molecule has 2 unspecified atom stereocenters. The fourth-order valence-corrected chi connectivity index (χ4v) is 2.74. The maximum absolute atomic E-state index is 3.60. The summed E-state index contributed by atoms with van der Waals surface area (Å²) in [5, 5.41) is 7.01. The van der Waals surface area contributed by atoms with E-state index in [0.29, 0.717) is 0 Å². The summed E-state index contributed by atoms with van der Waals surface area (Å²) in [4.78, 5) is 2.62. The van der Waals surface area contributed by atoms with Crippen molar-refractivity contribution in [3.8, 4) is 0 Å². The van der Waals surface area contributed by atoms with Gasteiger partial charge in [0.05, 0.1) is 0 Å². The number of hydrogen-bond acceptors (Lipinski definition) is 3. The molecule has 0 amide bonds. The summed E-state index contributed by atoms with van der Waals surface area (Å²) in [7, 11) is 0. The van der Waals surface area contributed by atoms with Crippen molar-refractivity contribution in [3.63, 3.8) is 0 Å². The molecule has 2 aliphatic heterocycles. The molecule has 0 aromatic rings. The summed E-state index contributed by atoms with van der Waals surface area (Å²) in [5.41, 5.74) is 0. The molecule has 0 bridgehead atoms. The maximum atomic E-state index is 3.60. The lowest BCUT2D eigenvalue weighted by atomic mass is 9.98. The lowest BCUT2D eigenvalue weighted by Gasteiger charge is -2.31. The lowest BCUT2D eigenvalue weighted by molar-refractivity contribution is 0.196. The van der Waals surface area contributed by atoms with E-state index in [0.717, 1.165) is 12.0 Å². The number of nitrogens with zero attached hydrogens (tertiary/aromatic N) is 1. The predicted molar refractivity (Wildman–Crippen MR) is 59.5 cm³/mol. The minimum atomic E-state index is 0.782. The molecule has 0 spiro atoms. The number of piperazine rings is 1. The van der Waals surface area contributed by atoms with Gasteiger partial charge < -0.3 is 15.5 Å². The Bertz CT molecular complexity index is 166. The Morgan fingerprint density at radius 3 is 2.71 bits per heavy atom. The van der Waals surface area contributed by atoms with E-state index in [9.17, 15) is 0 Å². The fourth-order valence-electron chi connectivity index (χ4n) is 2.74. The zero-order valence-electron chi connectivity index (χ0n) is 9.26. The van der Waals surface area contributed by atoms with Crippen molar-refractivity contribution < 1.29 is 0 Å². The van der Waals surface area contributed by atoms with Crippen LogP contribution in [-0.2, 0) is 0 Å². The summed E-state index contributed by atoms with van der Waals surface area (Å²) in [6, 6.07) is 0.782. The molecule has 0 aromatic heterocycles. The Kier molecular flexibility index (Phi) is 3.79. The Labute approximate surface area is 87.2 Å². The van der Waals surface area contributed by atoms with Crippen molar-refractivity contribution in [1.29, 1.82) is 0 Å². The summed E-state index contributed by atoms with van der Waals surface area (Å²) in [6.45, 7) is 9.68. The van der Waals surface area contributed by atoms with Crippen LogP contribution >= 0.6 is 0 Å². The number of hydrogen-bond donors (Lipinski definition) is 2. The van der Waals surface area contributed by atoms with Crippen molar-refractivity contribution in [2.45, 2.75) is 25.8 Å². The van der Waals surface area contributed by atoms with Crippen LogP contribution in [0.3, 0.4) is 0 Å². The molecule has 0 aromatic carbocycles. The van der Waals surface area contributed by atoms with Gasteiger partial charge in [-0.05, 0) is 25.3 Å². The second-order valence-corrected chi connectivity index (χ2v) is 4.57. The van der Waals surface area contributed by atoms with E-state index < -0.39 is 0 Å². The highest BCUT2D eigenvalue weighted by atomic mass is 15.2. The second kappa shape index (κ2) is 5.10. The van der Waals surface area contributed by atoms with Crippen molar-refractivity contribution in [3.05, 3.63) is 0 Å². The molecule has 3 heteroatoms. The molecular formula is C11H23N3. The smallest absolute Gasteiger partial charge is 0.0107 e. The van der Waals surface area contributed by atoms with Crippen LogP contribution in [0.1, 0.15) is 19.8 Å². The molecule has 0 radical (unpaired) electrons. The first-order chi connectivity index (χ1) is 6.90. The van der Waals surface area contributed by atoms with E-state index in [1.54, 1.807) is 0 Å². The molecule has 2 heterocycles. The lowest BCUT2D eigenvalue weighted by Crippen LogP contribution is -2.46.